The fraction of sp³-hybridized carbons (Fsp3) is 0.200. The highest BCUT2D eigenvalue weighted by atomic mass is 16.6. The second-order valence-electron chi connectivity index (χ2n) is 4.35. The summed E-state index contributed by atoms with van der Waals surface area (Å²) in [4.78, 5) is 10.5. The molecule has 0 saturated heterocycles. The van der Waals surface area contributed by atoms with Crippen molar-refractivity contribution in [3.8, 4) is 5.75 Å². The molecule has 2 aromatic rings. The van der Waals surface area contributed by atoms with Gasteiger partial charge in [0, 0.05) is 19.0 Å². The molecule has 2 N–H and O–H groups in total. The minimum absolute atomic E-state index is 0.0322. The van der Waals surface area contributed by atoms with Crippen LogP contribution in [0.5, 0.6) is 5.75 Å². The number of ether oxygens (including phenoxy) is 1. The molecule has 104 valence electrons. The molecule has 0 spiro atoms. The standard InChI is InChI=1S/C15H16N2O3/c16-11-13-6-7-14(17(18)19)15(10-13)20-9-8-12-4-2-1-3-5-12/h1-7,10H,8-9,11,16H2. The lowest BCUT2D eigenvalue weighted by Crippen LogP contribution is -2.05. The largest absolute Gasteiger partial charge is 0.486 e. The normalized spacial score (nSPS) is 10.2. The Morgan fingerprint density at radius 2 is 1.85 bits per heavy atom. The molecule has 0 atom stereocenters. The predicted molar refractivity (Wildman–Crippen MR) is 76.6 cm³/mol. The summed E-state index contributed by atoms with van der Waals surface area (Å²) in [5, 5.41) is 10.9. The van der Waals surface area contributed by atoms with Crippen molar-refractivity contribution in [3.05, 3.63) is 69.8 Å². The van der Waals surface area contributed by atoms with Crippen molar-refractivity contribution in [2.75, 3.05) is 6.61 Å². The minimum atomic E-state index is -0.446. The lowest BCUT2D eigenvalue weighted by molar-refractivity contribution is -0.385. The van der Waals surface area contributed by atoms with Crippen molar-refractivity contribution in [2.45, 2.75) is 13.0 Å². The number of nitrogens with two attached hydrogens (primary N) is 1. The molecule has 0 saturated carbocycles. The Bertz CT molecular complexity index is 585. The molecule has 0 aliphatic heterocycles. The molecule has 20 heavy (non-hydrogen) atoms. The van der Waals surface area contributed by atoms with Gasteiger partial charge in [-0.15, -0.1) is 0 Å². The highest BCUT2D eigenvalue weighted by Crippen LogP contribution is 2.28. The Labute approximate surface area is 117 Å². The molecule has 5 heteroatoms. The minimum Gasteiger partial charge on any atom is -0.486 e. The Morgan fingerprint density at radius 3 is 2.50 bits per heavy atom. The first-order valence-electron chi connectivity index (χ1n) is 6.35. The van der Waals surface area contributed by atoms with Crippen LogP contribution >= 0.6 is 0 Å². The summed E-state index contributed by atoms with van der Waals surface area (Å²) in [6, 6.07) is 14.5. The van der Waals surface area contributed by atoms with Gasteiger partial charge in [-0.05, 0) is 17.2 Å². The fourth-order valence-electron chi connectivity index (χ4n) is 1.88. The molecule has 0 unspecified atom stereocenters. The van der Waals surface area contributed by atoms with Crippen LogP contribution in [0.3, 0.4) is 0 Å². The van der Waals surface area contributed by atoms with E-state index in [0.717, 1.165) is 11.1 Å². The first kappa shape index (κ1) is 14.0. The fourth-order valence-corrected chi connectivity index (χ4v) is 1.88. The summed E-state index contributed by atoms with van der Waals surface area (Å²) in [6.07, 6.45) is 0.699. The van der Waals surface area contributed by atoms with Crippen LogP contribution in [0.2, 0.25) is 0 Å². The molecule has 0 heterocycles. The SMILES string of the molecule is NCc1ccc([N+](=O)[O-])c(OCCc2ccccc2)c1. The Balaban J connectivity index is 2.06. The van der Waals surface area contributed by atoms with Gasteiger partial charge < -0.3 is 10.5 Å². The van der Waals surface area contributed by atoms with Crippen molar-refractivity contribution < 1.29 is 9.66 Å². The van der Waals surface area contributed by atoms with Gasteiger partial charge in [0.25, 0.3) is 0 Å². The highest BCUT2D eigenvalue weighted by molar-refractivity contribution is 5.48. The van der Waals surface area contributed by atoms with E-state index in [1.165, 1.54) is 6.07 Å². The molecular formula is C15H16N2O3. The van der Waals surface area contributed by atoms with Crippen molar-refractivity contribution in [3.63, 3.8) is 0 Å². The molecule has 0 bridgehead atoms. The maximum atomic E-state index is 10.9. The number of nitro benzene ring substituents is 1. The third-order valence-electron chi connectivity index (χ3n) is 2.95. The molecule has 5 nitrogen and oxygen atoms in total. The molecule has 0 fully saturated rings. The quantitative estimate of drug-likeness (QED) is 0.647. The van der Waals surface area contributed by atoms with Gasteiger partial charge in [-0.2, -0.15) is 0 Å². The second kappa shape index (κ2) is 6.68. The van der Waals surface area contributed by atoms with Crippen LogP contribution in [-0.2, 0) is 13.0 Å². The second-order valence-corrected chi connectivity index (χ2v) is 4.35. The Hall–Kier alpha value is -2.40. The van der Waals surface area contributed by atoms with Gasteiger partial charge in [0.1, 0.15) is 0 Å². The van der Waals surface area contributed by atoms with Gasteiger partial charge in [0.05, 0.1) is 11.5 Å². The van der Waals surface area contributed by atoms with Gasteiger partial charge in [0.2, 0.25) is 0 Å². The van der Waals surface area contributed by atoms with Gasteiger partial charge in [-0.3, -0.25) is 10.1 Å². The van der Waals surface area contributed by atoms with Gasteiger partial charge in [-0.1, -0.05) is 36.4 Å². The molecule has 0 aliphatic carbocycles. The van der Waals surface area contributed by atoms with E-state index in [0.29, 0.717) is 19.6 Å². The summed E-state index contributed by atoms with van der Waals surface area (Å²) in [5.74, 6) is 0.272. The van der Waals surface area contributed by atoms with E-state index in [2.05, 4.69) is 0 Å². The van der Waals surface area contributed by atoms with Crippen LogP contribution in [0.25, 0.3) is 0 Å². The van der Waals surface area contributed by atoms with E-state index in [-0.39, 0.29) is 11.4 Å². The number of nitro groups is 1. The van der Waals surface area contributed by atoms with E-state index in [1.807, 2.05) is 30.3 Å². The molecule has 0 aromatic heterocycles. The number of nitrogens with zero attached hydrogens (tertiary/aromatic N) is 1. The first-order valence-corrected chi connectivity index (χ1v) is 6.35. The van der Waals surface area contributed by atoms with Crippen molar-refractivity contribution in [2.24, 2.45) is 5.73 Å². The predicted octanol–water partition coefficient (Wildman–Crippen LogP) is 2.68. The topological polar surface area (TPSA) is 78.4 Å². The smallest absolute Gasteiger partial charge is 0.310 e. The van der Waals surface area contributed by atoms with E-state index < -0.39 is 4.92 Å². The van der Waals surface area contributed by atoms with Gasteiger partial charge in [0.15, 0.2) is 5.75 Å². The maximum absolute atomic E-state index is 10.9. The third kappa shape index (κ3) is 3.55. The van der Waals surface area contributed by atoms with Crippen LogP contribution in [0.4, 0.5) is 5.69 Å². The van der Waals surface area contributed by atoms with E-state index in [1.54, 1.807) is 12.1 Å². The van der Waals surface area contributed by atoms with Crippen molar-refractivity contribution in [1.82, 2.24) is 0 Å². The Kier molecular flexibility index (Phi) is 4.68. The number of hydrogen-bond donors (Lipinski definition) is 1. The van der Waals surface area contributed by atoms with Crippen LogP contribution in [0, 0.1) is 10.1 Å². The first-order chi connectivity index (χ1) is 9.70. The summed E-state index contributed by atoms with van der Waals surface area (Å²) in [5.41, 5.74) is 7.45. The molecule has 2 rings (SSSR count). The molecule has 0 aliphatic rings. The van der Waals surface area contributed by atoms with Crippen LogP contribution in [-0.4, -0.2) is 11.5 Å². The van der Waals surface area contributed by atoms with Crippen molar-refractivity contribution >= 4 is 5.69 Å². The maximum Gasteiger partial charge on any atom is 0.310 e. The number of rotatable bonds is 6. The number of hydrogen-bond acceptors (Lipinski definition) is 4. The summed E-state index contributed by atoms with van der Waals surface area (Å²) in [6.45, 7) is 0.714. The molecule has 0 radical (unpaired) electrons. The molecular weight excluding hydrogens is 256 g/mol. The lowest BCUT2D eigenvalue weighted by Gasteiger charge is -2.08. The van der Waals surface area contributed by atoms with Crippen LogP contribution in [0.15, 0.2) is 48.5 Å². The zero-order valence-electron chi connectivity index (χ0n) is 11.0. The summed E-state index contributed by atoms with van der Waals surface area (Å²) in [7, 11) is 0. The lowest BCUT2D eigenvalue weighted by atomic mass is 10.1. The van der Waals surface area contributed by atoms with E-state index in [9.17, 15) is 10.1 Å². The average Bonchev–Trinajstić information content (AvgIpc) is 2.48. The zero-order valence-corrected chi connectivity index (χ0v) is 11.0. The summed E-state index contributed by atoms with van der Waals surface area (Å²) < 4.78 is 5.55. The van der Waals surface area contributed by atoms with E-state index in [4.69, 9.17) is 10.5 Å². The third-order valence-corrected chi connectivity index (χ3v) is 2.95. The number of benzene rings is 2. The van der Waals surface area contributed by atoms with Gasteiger partial charge >= 0.3 is 5.69 Å². The van der Waals surface area contributed by atoms with E-state index >= 15 is 0 Å². The van der Waals surface area contributed by atoms with Crippen LogP contribution in [0.1, 0.15) is 11.1 Å². The Morgan fingerprint density at radius 1 is 1.10 bits per heavy atom. The van der Waals surface area contributed by atoms with Gasteiger partial charge in [-0.25, -0.2) is 0 Å². The van der Waals surface area contributed by atoms with Crippen molar-refractivity contribution in [1.29, 1.82) is 0 Å². The highest BCUT2D eigenvalue weighted by Gasteiger charge is 2.15. The van der Waals surface area contributed by atoms with Crippen LogP contribution < -0.4 is 10.5 Å². The zero-order chi connectivity index (χ0) is 14.4. The average molecular weight is 272 g/mol. The monoisotopic (exact) mass is 272 g/mol. The molecule has 2 aromatic carbocycles. The summed E-state index contributed by atoms with van der Waals surface area (Å²) >= 11 is 0. The molecule has 0 amide bonds.